The minimum absolute atomic E-state index is 0.00406. The molecule has 6 rings (SSSR count). The van der Waals surface area contributed by atoms with Gasteiger partial charge in [0.05, 0.1) is 12.1 Å². The Kier molecular flexibility index (Phi) is 7.72. The molecule has 11 atom stereocenters. The first-order valence-electron chi connectivity index (χ1n) is 15.4. The molecular weight excluding hydrogens is 586 g/mol. The molecule has 5 aliphatic rings. The van der Waals surface area contributed by atoms with E-state index in [-0.39, 0.29) is 48.4 Å². The van der Waals surface area contributed by atoms with Crippen molar-refractivity contribution in [1.82, 2.24) is 9.55 Å². The molecule has 1 aromatic rings. The van der Waals surface area contributed by atoms with Crippen LogP contribution in [0.15, 0.2) is 44.7 Å². The third kappa shape index (κ3) is 4.81. The van der Waals surface area contributed by atoms with Gasteiger partial charge in [-0.05, 0) is 68.5 Å². The molecule has 0 spiro atoms. The average Bonchev–Trinajstić information content (AvgIpc) is 3.51. The number of ketones is 1. The highest BCUT2D eigenvalue weighted by molar-refractivity contribution is 6.01. The number of aliphatic hydroxyl groups is 3. The molecule has 0 aromatic carbocycles. The fourth-order valence-electron chi connectivity index (χ4n) is 9.27. The molecule has 3 saturated carbocycles. The summed E-state index contributed by atoms with van der Waals surface area (Å²) in [5.74, 6) is -1.39. The van der Waals surface area contributed by atoms with E-state index in [1.807, 2.05) is 19.9 Å². The number of H-pyrrole nitrogens is 1. The van der Waals surface area contributed by atoms with Crippen molar-refractivity contribution in [2.24, 2.45) is 33.7 Å². The lowest BCUT2D eigenvalue weighted by atomic mass is 9.46. The standard InChI is InChI=1S/C31H39N5O9/c1-15-13-36(28(42)33-26(15)40)23-11-20(34-35-32)22(45-23)14-44-27(41)25(39)31(43)9-7-19-18-5-4-16-10-17(37)6-8-29(16,2)24(18)21(38)12-30(19,31)3/h6,8,10,13,18-25,38-39,43H,4-5,7,9,11-12,14H2,1-3H3,(H,33,40,42)/t18-,19-,20+,21?,22-,23-,24+,25?,29-,30-,31-/m0/s1. The summed E-state index contributed by atoms with van der Waals surface area (Å²) >= 11 is 0. The fraction of sp³-hybridized carbons (Fsp3) is 0.677. The third-order valence-corrected chi connectivity index (χ3v) is 11.6. The van der Waals surface area contributed by atoms with Crippen LogP contribution in [0.25, 0.3) is 10.4 Å². The van der Waals surface area contributed by atoms with Crippen LogP contribution in [0, 0.1) is 35.5 Å². The summed E-state index contributed by atoms with van der Waals surface area (Å²) in [6, 6.07) is -0.818. The minimum atomic E-state index is -1.92. The molecule has 2 heterocycles. The van der Waals surface area contributed by atoms with E-state index in [1.54, 1.807) is 12.2 Å². The van der Waals surface area contributed by atoms with Gasteiger partial charge in [-0.2, -0.15) is 0 Å². The Balaban J connectivity index is 1.17. The van der Waals surface area contributed by atoms with Crippen LogP contribution < -0.4 is 11.2 Å². The van der Waals surface area contributed by atoms with Crippen LogP contribution in [0.3, 0.4) is 0 Å². The first kappa shape index (κ1) is 31.4. The highest BCUT2D eigenvalue weighted by Gasteiger charge is 2.69. The molecule has 242 valence electrons. The predicted octanol–water partition coefficient (Wildman–Crippen LogP) is 1.73. The molecule has 0 amide bonds. The van der Waals surface area contributed by atoms with Crippen LogP contribution in [-0.4, -0.2) is 73.2 Å². The SMILES string of the molecule is Cc1cn([C@@H]2C[C@@H](N=[N+]=[N-])[C@H](COC(=O)C(O)[C@@]3(O)CC[C@H]4[C@@H]5CCC6=CC(=O)C=C[C@]6(C)[C@H]5C(O)C[C@@]43C)O2)c(=O)[nH]c1=O. The van der Waals surface area contributed by atoms with Gasteiger partial charge in [-0.15, -0.1) is 0 Å². The van der Waals surface area contributed by atoms with E-state index in [2.05, 4.69) is 15.0 Å². The van der Waals surface area contributed by atoms with Gasteiger partial charge in [-0.25, -0.2) is 9.59 Å². The van der Waals surface area contributed by atoms with Crippen LogP contribution in [0.4, 0.5) is 0 Å². The van der Waals surface area contributed by atoms with E-state index >= 15 is 0 Å². The maximum atomic E-state index is 13.3. The summed E-state index contributed by atoms with van der Waals surface area (Å²) in [5, 5.41) is 38.7. The minimum Gasteiger partial charge on any atom is -0.461 e. The summed E-state index contributed by atoms with van der Waals surface area (Å²) in [6.45, 7) is 4.97. The molecule has 14 nitrogen and oxygen atoms in total. The Labute approximate surface area is 258 Å². The number of aromatic amines is 1. The number of hydrogen-bond acceptors (Lipinski definition) is 10. The smallest absolute Gasteiger partial charge is 0.338 e. The number of aryl methyl sites for hydroxylation is 1. The molecule has 0 bridgehead atoms. The maximum Gasteiger partial charge on any atom is 0.338 e. The third-order valence-electron chi connectivity index (χ3n) is 11.6. The Bertz CT molecular complexity index is 1640. The van der Waals surface area contributed by atoms with E-state index in [0.29, 0.717) is 12.8 Å². The average molecular weight is 626 g/mol. The number of allylic oxidation sites excluding steroid dienone is 4. The van der Waals surface area contributed by atoms with E-state index in [0.717, 1.165) is 12.0 Å². The second-order valence-corrected chi connectivity index (χ2v) is 13.8. The summed E-state index contributed by atoms with van der Waals surface area (Å²) in [6.07, 6.45) is 4.15. The normalized spacial score (nSPS) is 40.9. The second kappa shape index (κ2) is 11.1. The van der Waals surface area contributed by atoms with Gasteiger partial charge >= 0.3 is 11.7 Å². The van der Waals surface area contributed by atoms with Crippen molar-refractivity contribution in [1.29, 1.82) is 0 Å². The quantitative estimate of drug-likeness (QED) is 0.156. The molecule has 14 heteroatoms. The van der Waals surface area contributed by atoms with Crippen LogP contribution >= 0.6 is 0 Å². The first-order valence-corrected chi connectivity index (χ1v) is 15.4. The number of ether oxygens (including phenoxy) is 2. The van der Waals surface area contributed by atoms with Gasteiger partial charge in [0.1, 0.15) is 24.5 Å². The number of rotatable bonds is 6. The van der Waals surface area contributed by atoms with Crippen LogP contribution in [0.1, 0.15) is 64.2 Å². The van der Waals surface area contributed by atoms with Crippen molar-refractivity contribution in [3.8, 4) is 0 Å². The number of fused-ring (bicyclic) bond motifs is 5. The summed E-state index contributed by atoms with van der Waals surface area (Å²) in [4.78, 5) is 54.6. The maximum absolute atomic E-state index is 13.3. The number of aliphatic hydroxyl groups excluding tert-OH is 2. The van der Waals surface area contributed by atoms with Gasteiger partial charge in [0.25, 0.3) is 5.56 Å². The van der Waals surface area contributed by atoms with Crippen LogP contribution in [0.2, 0.25) is 0 Å². The molecule has 2 unspecified atom stereocenters. The number of nitrogens with zero attached hydrogens (tertiary/aromatic N) is 4. The Hall–Kier alpha value is -3.55. The zero-order valence-electron chi connectivity index (χ0n) is 25.5. The Morgan fingerprint density at radius 3 is 2.80 bits per heavy atom. The first-order chi connectivity index (χ1) is 21.2. The van der Waals surface area contributed by atoms with Crippen LogP contribution in [0.5, 0.6) is 0 Å². The van der Waals surface area contributed by atoms with Gasteiger partial charge < -0.3 is 24.8 Å². The monoisotopic (exact) mass is 625 g/mol. The number of carbonyl (C=O) groups is 2. The zero-order chi connectivity index (χ0) is 32.5. The Morgan fingerprint density at radius 2 is 2.07 bits per heavy atom. The van der Waals surface area contributed by atoms with Gasteiger partial charge in [0, 0.05) is 39.8 Å². The highest BCUT2D eigenvalue weighted by Crippen LogP contribution is 2.67. The van der Waals surface area contributed by atoms with E-state index in [4.69, 9.17) is 15.0 Å². The number of nitrogens with one attached hydrogen (secondary N) is 1. The predicted molar refractivity (Wildman–Crippen MR) is 157 cm³/mol. The zero-order valence-corrected chi connectivity index (χ0v) is 25.5. The molecule has 1 aliphatic heterocycles. The molecule has 4 aliphatic carbocycles. The number of carbonyl (C=O) groups excluding carboxylic acids is 2. The van der Waals surface area contributed by atoms with E-state index in [9.17, 15) is 34.5 Å². The van der Waals surface area contributed by atoms with Crippen molar-refractivity contribution in [2.45, 2.75) is 95.5 Å². The van der Waals surface area contributed by atoms with Gasteiger partial charge in [0.2, 0.25) is 0 Å². The van der Waals surface area contributed by atoms with E-state index < -0.39 is 70.8 Å². The summed E-state index contributed by atoms with van der Waals surface area (Å²) in [7, 11) is 0. The summed E-state index contributed by atoms with van der Waals surface area (Å²) < 4.78 is 12.5. The van der Waals surface area contributed by atoms with E-state index in [1.165, 1.54) is 17.7 Å². The van der Waals surface area contributed by atoms with Crippen molar-refractivity contribution in [3.05, 3.63) is 66.8 Å². The lowest BCUT2D eigenvalue weighted by Crippen LogP contribution is -2.63. The number of esters is 1. The van der Waals surface area contributed by atoms with Gasteiger partial charge in [-0.3, -0.25) is 19.1 Å². The van der Waals surface area contributed by atoms with Crippen molar-refractivity contribution in [2.75, 3.05) is 6.61 Å². The largest absolute Gasteiger partial charge is 0.461 e. The number of aromatic nitrogens is 2. The fourth-order valence-corrected chi connectivity index (χ4v) is 9.27. The van der Waals surface area contributed by atoms with Gasteiger partial charge in [0.15, 0.2) is 11.9 Å². The van der Waals surface area contributed by atoms with Crippen molar-refractivity contribution < 1.29 is 34.4 Å². The van der Waals surface area contributed by atoms with Crippen molar-refractivity contribution >= 4 is 11.8 Å². The molecule has 45 heavy (non-hydrogen) atoms. The molecule has 4 fully saturated rings. The lowest BCUT2D eigenvalue weighted by molar-refractivity contribution is -0.211. The van der Waals surface area contributed by atoms with Crippen molar-refractivity contribution in [3.63, 3.8) is 0 Å². The van der Waals surface area contributed by atoms with Gasteiger partial charge in [-0.1, -0.05) is 30.6 Å². The van der Waals surface area contributed by atoms with Crippen LogP contribution in [-0.2, 0) is 19.1 Å². The summed E-state index contributed by atoms with van der Waals surface area (Å²) in [5.41, 5.74) is 5.75. The number of hydrogen-bond donors (Lipinski definition) is 4. The molecule has 4 N–H and O–H groups in total. The second-order valence-electron chi connectivity index (χ2n) is 13.8. The number of azide groups is 1. The highest BCUT2D eigenvalue weighted by atomic mass is 16.6. The topological polar surface area (TPSA) is 217 Å². The molecule has 1 saturated heterocycles. The lowest BCUT2D eigenvalue weighted by Gasteiger charge is -2.60. The molecular formula is C31H39N5O9. The molecule has 1 aromatic heterocycles. The molecule has 0 radical (unpaired) electrons. The Morgan fingerprint density at radius 1 is 1.31 bits per heavy atom.